The Labute approximate surface area is 165 Å². The van der Waals surface area contributed by atoms with Gasteiger partial charge < -0.3 is 15.7 Å². The first kappa shape index (κ1) is 19.6. The molecule has 0 saturated carbocycles. The number of benzene rings is 2. The zero-order valence-corrected chi connectivity index (χ0v) is 16.3. The molecular weight excluding hydrogens is 350 g/mol. The molecule has 1 aromatic heterocycles. The molecule has 0 spiro atoms. The Balaban J connectivity index is 1.74. The van der Waals surface area contributed by atoms with E-state index in [-0.39, 0.29) is 12.6 Å². The highest BCUT2D eigenvalue weighted by Gasteiger charge is 2.09. The van der Waals surface area contributed by atoms with Crippen LogP contribution in [0.3, 0.4) is 0 Å². The van der Waals surface area contributed by atoms with E-state index in [9.17, 15) is 5.11 Å². The number of aliphatic hydroxyl groups excluding tert-OH is 1. The van der Waals surface area contributed by atoms with E-state index in [0.29, 0.717) is 6.54 Å². The predicted molar refractivity (Wildman–Crippen MR) is 112 cm³/mol. The minimum atomic E-state index is 0.0201. The van der Waals surface area contributed by atoms with Gasteiger partial charge in [0, 0.05) is 18.9 Å². The molecule has 1 unspecified atom stereocenters. The van der Waals surface area contributed by atoms with Gasteiger partial charge in [-0.2, -0.15) is 5.10 Å². The second-order valence-electron chi connectivity index (χ2n) is 6.53. The first-order valence-electron chi connectivity index (χ1n) is 9.53. The van der Waals surface area contributed by atoms with Crippen LogP contribution in [-0.4, -0.2) is 27.4 Å². The molecule has 146 valence electrons. The Bertz CT molecular complexity index is 905. The molecule has 0 amide bonds. The van der Waals surface area contributed by atoms with Gasteiger partial charge in [0.1, 0.15) is 0 Å². The minimum Gasteiger partial charge on any atom is -0.392 e. The normalized spacial score (nSPS) is 12.6. The summed E-state index contributed by atoms with van der Waals surface area (Å²) < 4.78 is 1.85. The molecule has 1 atom stereocenters. The summed E-state index contributed by atoms with van der Waals surface area (Å²) in [5, 5.41) is 20.5. The molecule has 0 aliphatic rings. The first-order valence-corrected chi connectivity index (χ1v) is 9.53. The van der Waals surface area contributed by atoms with Crippen LogP contribution < -0.4 is 10.6 Å². The molecular formula is C22H27N5O. The Hall–Kier alpha value is -3.12. The van der Waals surface area contributed by atoms with Crippen molar-refractivity contribution in [3.05, 3.63) is 83.7 Å². The van der Waals surface area contributed by atoms with E-state index in [1.165, 1.54) is 0 Å². The molecule has 0 radical (unpaired) electrons. The van der Waals surface area contributed by atoms with Gasteiger partial charge in [-0.15, -0.1) is 0 Å². The fourth-order valence-corrected chi connectivity index (χ4v) is 3.00. The monoisotopic (exact) mass is 377 g/mol. The van der Waals surface area contributed by atoms with Crippen molar-refractivity contribution in [2.45, 2.75) is 33.0 Å². The van der Waals surface area contributed by atoms with Crippen LogP contribution in [0.1, 0.15) is 36.6 Å². The van der Waals surface area contributed by atoms with Crippen LogP contribution in [0.2, 0.25) is 0 Å². The van der Waals surface area contributed by atoms with Gasteiger partial charge in [-0.05, 0) is 48.7 Å². The number of nitrogens with one attached hydrogen (secondary N) is 2. The predicted octanol–water partition coefficient (Wildman–Crippen LogP) is 3.18. The maximum Gasteiger partial charge on any atom is 0.192 e. The number of hydrogen-bond donors (Lipinski definition) is 3. The maximum atomic E-state index is 9.50. The molecule has 3 aromatic rings. The van der Waals surface area contributed by atoms with E-state index in [4.69, 9.17) is 4.99 Å². The fraction of sp³-hybridized carbons (Fsp3) is 0.273. The number of hydrogen-bond acceptors (Lipinski definition) is 3. The SMILES string of the molecule is CCNC(=NCc1ccccc1CO)NC(C)c1cccc(-n2cccn2)c1. The smallest absolute Gasteiger partial charge is 0.192 e. The zero-order valence-electron chi connectivity index (χ0n) is 16.3. The van der Waals surface area contributed by atoms with Gasteiger partial charge in [-0.3, -0.25) is 0 Å². The summed E-state index contributed by atoms with van der Waals surface area (Å²) in [7, 11) is 0. The number of rotatable bonds is 7. The Kier molecular flexibility index (Phi) is 6.81. The summed E-state index contributed by atoms with van der Waals surface area (Å²) in [5.74, 6) is 0.743. The molecule has 0 aliphatic heterocycles. The van der Waals surface area contributed by atoms with Crippen molar-refractivity contribution in [3.63, 3.8) is 0 Å². The van der Waals surface area contributed by atoms with Crippen LogP contribution in [0, 0.1) is 0 Å². The van der Waals surface area contributed by atoms with Crippen LogP contribution in [0.25, 0.3) is 5.69 Å². The lowest BCUT2D eigenvalue weighted by Gasteiger charge is -2.19. The summed E-state index contributed by atoms with van der Waals surface area (Å²) in [6, 6.07) is 18.1. The Morgan fingerprint density at radius 1 is 1.14 bits per heavy atom. The van der Waals surface area contributed by atoms with Crippen LogP contribution in [0.15, 0.2) is 72.0 Å². The highest BCUT2D eigenvalue weighted by molar-refractivity contribution is 5.80. The lowest BCUT2D eigenvalue weighted by Crippen LogP contribution is -2.38. The largest absolute Gasteiger partial charge is 0.392 e. The average Bonchev–Trinajstić information content (AvgIpc) is 3.27. The summed E-state index contributed by atoms with van der Waals surface area (Å²) in [4.78, 5) is 4.70. The van der Waals surface area contributed by atoms with E-state index in [2.05, 4.69) is 34.8 Å². The van der Waals surface area contributed by atoms with Crippen molar-refractivity contribution >= 4 is 5.96 Å². The van der Waals surface area contributed by atoms with Crippen molar-refractivity contribution < 1.29 is 5.11 Å². The van der Waals surface area contributed by atoms with Crippen molar-refractivity contribution in [1.82, 2.24) is 20.4 Å². The van der Waals surface area contributed by atoms with Gasteiger partial charge in [0.15, 0.2) is 5.96 Å². The Morgan fingerprint density at radius 2 is 1.96 bits per heavy atom. The van der Waals surface area contributed by atoms with Gasteiger partial charge in [0.2, 0.25) is 0 Å². The van der Waals surface area contributed by atoms with Crippen molar-refractivity contribution in [3.8, 4) is 5.69 Å². The molecule has 2 aromatic carbocycles. The molecule has 1 heterocycles. The van der Waals surface area contributed by atoms with Crippen LogP contribution in [0.5, 0.6) is 0 Å². The van der Waals surface area contributed by atoms with Crippen molar-refractivity contribution in [2.75, 3.05) is 6.54 Å². The topological polar surface area (TPSA) is 74.5 Å². The van der Waals surface area contributed by atoms with E-state index in [1.54, 1.807) is 6.20 Å². The van der Waals surface area contributed by atoms with E-state index in [1.807, 2.05) is 60.3 Å². The third-order valence-electron chi connectivity index (χ3n) is 4.53. The summed E-state index contributed by atoms with van der Waals surface area (Å²) >= 11 is 0. The third-order valence-corrected chi connectivity index (χ3v) is 4.53. The highest BCUT2D eigenvalue weighted by Crippen LogP contribution is 2.17. The number of nitrogens with zero attached hydrogens (tertiary/aromatic N) is 3. The van der Waals surface area contributed by atoms with Crippen LogP contribution in [-0.2, 0) is 13.2 Å². The van der Waals surface area contributed by atoms with Gasteiger partial charge >= 0.3 is 0 Å². The molecule has 3 N–H and O–H groups in total. The molecule has 0 bridgehead atoms. The Morgan fingerprint density at radius 3 is 2.68 bits per heavy atom. The van der Waals surface area contributed by atoms with E-state index >= 15 is 0 Å². The summed E-state index contributed by atoms with van der Waals surface area (Å²) in [5.41, 5.74) is 4.10. The second-order valence-corrected chi connectivity index (χ2v) is 6.53. The second kappa shape index (κ2) is 9.71. The molecule has 3 rings (SSSR count). The van der Waals surface area contributed by atoms with Gasteiger partial charge in [-0.1, -0.05) is 36.4 Å². The third kappa shape index (κ3) is 4.98. The fourth-order valence-electron chi connectivity index (χ4n) is 3.00. The molecule has 0 saturated heterocycles. The molecule has 6 nitrogen and oxygen atoms in total. The number of aromatic nitrogens is 2. The molecule has 0 fully saturated rings. The van der Waals surface area contributed by atoms with E-state index < -0.39 is 0 Å². The standard InChI is InChI=1S/C22H27N5O/c1-3-23-22(24-15-19-8-4-5-9-20(19)16-28)26-17(2)18-10-6-11-21(14-18)27-13-7-12-25-27/h4-14,17,28H,3,15-16H2,1-2H3,(H2,23,24,26). The van der Waals surface area contributed by atoms with Crippen LogP contribution >= 0.6 is 0 Å². The number of guanidine groups is 1. The number of aliphatic hydroxyl groups is 1. The van der Waals surface area contributed by atoms with Gasteiger partial charge in [0.05, 0.1) is 24.9 Å². The highest BCUT2D eigenvalue weighted by atomic mass is 16.3. The average molecular weight is 377 g/mol. The van der Waals surface area contributed by atoms with Gasteiger partial charge in [0.25, 0.3) is 0 Å². The van der Waals surface area contributed by atoms with Crippen LogP contribution in [0.4, 0.5) is 0 Å². The quantitative estimate of drug-likeness (QED) is 0.437. The molecule has 0 aliphatic carbocycles. The van der Waals surface area contributed by atoms with E-state index in [0.717, 1.165) is 34.9 Å². The molecule has 28 heavy (non-hydrogen) atoms. The minimum absolute atomic E-state index is 0.0201. The maximum absolute atomic E-state index is 9.50. The zero-order chi connectivity index (χ0) is 19.8. The number of aliphatic imine (C=N–C) groups is 1. The van der Waals surface area contributed by atoms with Crippen molar-refractivity contribution in [1.29, 1.82) is 0 Å². The van der Waals surface area contributed by atoms with Crippen molar-refractivity contribution in [2.24, 2.45) is 4.99 Å². The first-order chi connectivity index (χ1) is 13.7. The summed E-state index contributed by atoms with van der Waals surface area (Å²) in [6.07, 6.45) is 3.70. The summed E-state index contributed by atoms with van der Waals surface area (Å²) in [6.45, 7) is 5.45. The lowest BCUT2D eigenvalue weighted by molar-refractivity contribution is 0.280. The van der Waals surface area contributed by atoms with Gasteiger partial charge in [-0.25, -0.2) is 9.67 Å². The molecule has 6 heteroatoms. The lowest BCUT2D eigenvalue weighted by atomic mass is 10.1.